The maximum atomic E-state index is 12.8. The molecule has 7 heteroatoms. The number of pyridine rings is 1. The second kappa shape index (κ2) is 8.28. The number of amides is 2. The molecule has 2 aromatic heterocycles. The van der Waals surface area contributed by atoms with Gasteiger partial charge in [-0.3, -0.25) is 4.98 Å². The summed E-state index contributed by atoms with van der Waals surface area (Å²) in [5.41, 5.74) is 3.51. The SMILES string of the molecule is O=C(N1CCOCC1)N1CCC(c2cn(-c3ccc(Cl)cc3)c3cnccc23)CC1. The molecule has 4 heterocycles. The van der Waals surface area contributed by atoms with Crippen molar-refractivity contribution in [1.82, 2.24) is 19.4 Å². The Hall–Kier alpha value is -2.57. The molecule has 0 radical (unpaired) electrons. The number of fused-ring (bicyclic) bond motifs is 1. The quantitative estimate of drug-likeness (QED) is 0.616. The van der Waals surface area contributed by atoms with Gasteiger partial charge >= 0.3 is 6.03 Å². The number of rotatable bonds is 2. The minimum atomic E-state index is 0.157. The molecule has 3 aromatic rings. The number of ether oxygens (including phenoxy) is 1. The highest BCUT2D eigenvalue weighted by Crippen LogP contribution is 2.35. The molecule has 2 aliphatic rings. The lowest BCUT2D eigenvalue weighted by Gasteiger charge is -2.37. The lowest BCUT2D eigenvalue weighted by Crippen LogP contribution is -2.50. The van der Waals surface area contributed by atoms with Crippen LogP contribution in [0, 0.1) is 0 Å². The number of halogens is 1. The van der Waals surface area contributed by atoms with Crippen molar-refractivity contribution in [2.45, 2.75) is 18.8 Å². The van der Waals surface area contributed by atoms with Gasteiger partial charge in [-0.15, -0.1) is 0 Å². The van der Waals surface area contributed by atoms with Crippen LogP contribution in [0.1, 0.15) is 24.3 Å². The van der Waals surface area contributed by atoms with Crippen LogP contribution in [0.3, 0.4) is 0 Å². The number of carbonyl (C=O) groups is 1. The predicted octanol–water partition coefficient (Wildman–Crippen LogP) is 4.31. The minimum Gasteiger partial charge on any atom is -0.378 e. The molecular formula is C23H25ClN4O2. The van der Waals surface area contributed by atoms with Crippen LogP contribution in [-0.4, -0.2) is 64.8 Å². The highest BCUT2D eigenvalue weighted by atomic mass is 35.5. The van der Waals surface area contributed by atoms with E-state index in [2.05, 4.69) is 21.8 Å². The first-order chi connectivity index (χ1) is 14.7. The van der Waals surface area contributed by atoms with Crippen LogP contribution < -0.4 is 0 Å². The molecule has 0 N–H and O–H groups in total. The van der Waals surface area contributed by atoms with E-state index in [0.29, 0.717) is 32.2 Å². The molecule has 2 fully saturated rings. The van der Waals surface area contributed by atoms with Gasteiger partial charge in [-0.1, -0.05) is 11.6 Å². The van der Waals surface area contributed by atoms with E-state index in [0.717, 1.165) is 42.2 Å². The van der Waals surface area contributed by atoms with Crippen molar-refractivity contribution in [1.29, 1.82) is 0 Å². The fraction of sp³-hybridized carbons (Fsp3) is 0.391. The van der Waals surface area contributed by atoms with E-state index in [1.165, 1.54) is 10.9 Å². The van der Waals surface area contributed by atoms with Gasteiger partial charge in [-0.2, -0.15) is 0 Å². The Morgan fingerprint density at radius 3 is 2.43 bits per heavy atom. The van der Waals surface area contributed by atoms with Gasteiger partial charge in [0.1, 0.15) is 0 Å². The van der Waals surface area contributed by atoms with Gasteiger partial charge in [-0.05, 0) is 54.7 Å². The molecule has 2 saturated heterocycles. The summed E-state index contributed by atoms with van der Waals surface area (Å²) in [6.45, 7) is 4.25. The summed E-state index contributed by atoms with van der Waals surface area (Å²) in [5, 5.41) is 1.96. The zero-order chi connectivity index (χ0) is 20.5. The maximum Gasteiger partial charge on any atom is 0.320 e. The summed E-state index contributed by atoms with van der Waals surface area (Å²) >= 11 is 6.08. The predicted molar refractivity (Wildman–Crippen MR) is 117 cm³/mol. The van der Waals surface area contributed by atoms with Crippen molar-refractivity contribution >= 4 is 28.5 Å². The Bertz CT molecular complexity index is 1040. The topological polar surface area (TPSA) is 50.6 Å². The van der Waals surface area contributed by atoms with Crippen molar-refractivity contribution in [3.05, 3.63) is 59.5 Å². The highest BCUT2D eigenvalue weighted by Gasteiger charge is 2.29. The summed E-state index contributed by atoms with van der Waals surface area (Å²) in [7, 11) is 0. The molecule has 2 amide bonds. The Morgan fingerprint density at radius 2 is 1.70 bits per heavy atom. The van der Waals surface area contributed by atoms with Gasteiger partial charge in [0, 0.05) is 54.7 Å². The summed E-state index contributed by atoms with van der Waals surface area (Å²) in [6.07, 6.45) is 7.95. The fourth-order valence-electron chi connectivity index (χ4n) is 4.58. The molecule has 0 unspecified atom stereocenters. The van der Waals surface area contributed by atoms with E-state index >= 15 is 0 Å². The van der Waals surface area contributed by atoms with E-state index in [9.17, 15) is 4.79 Å². The summed E-state index contributed by atoms with van der Waals surface area (Å²) in [4.78, 5) is 21.1. The van der Waals surface area contributed by atoms with Crippen molar-refractivity contribution < 1.29 is 9.53 Å². The number of piperidine rings is 1. The van der Waals surface area contributed by atoms with Crippen molar-refractivity contribution in [3.8, 4) is 5.69 Å². The molecule has 6 nitrogen and oxygen atoms in total. The van der Waals surface area contributed by atoms with E-state index in [1.54, 1.807) is 0 Å². The Labute approximate surface area is 181 Å². The number of hydrogen-bond donors (Lipinski definition) is 0. The number of benzene rings is 1. The Kier molecular flexibility index (Phi) is 5.35. The summed E-state index contributed by atoms with van der Waals surface area (Å²) in [5.74, 6) is 0.428. The molecule has 1 aromatic carbocycles. The molecular weight excluding hydrogens is 400 g/mol. The van der Waals surface area contributed by atoms with Crippen LogP contribution in [0.25, 0.3) is 16.6 Å². The largest absolute Gasteiger partial charge is 0.378 e. The standard InChI is InChI=1S/C23H25ClN4O2/c24-18-1-3-19(4-2-18)28-16-21(20-5-8-25-15-22(20)28)17-6-9-26(10-7-17)23(29)27-11-13-30-14-12-27/h1-5,8,15-17H,6-7,9-14H2. The molecule has 0 bridgehead atoms. The first kappa shape index (κ1) is 19.4. The van der Waals surface area contributed by atoms with Crippen LogP contribution in [0.4, 0.5) is 4.79 Å². The zero-order valence-corrected chi connectivity index (χ0v) is 17.6. The highest BCUT2D eigenvalue weighted by molar-refractivity contribution is 6.30. The first-order valence-corrected chi connectivity index (χ1v) is 10.9. The fourth-order valence-corrected chi connectivity index (χ4v) is 4.70. The molecule has 0 saturated carbocycles. The molecule has 30 heavy (non-hydrogen) atoms. The third-order valence-electron chi connectivity index (χ3n) is 6.23. The molecule has 0 aliphatic carbocycles. The number of carbonyl (C=O) groups excluding carboxylic acids is 1. The summed E-state index contributed by atoms with van der Waals surface area (Å²) in [6, 6.07) is 10.1. The number of morpholine rings is 1. The van der Waals surface area contributed by atoms with E-state index < -0.39 is 0 Å². The van der Waals surface area contributed by atoms with E-state index in [4.69, 9.17) is 16.3 Å². The van der Waals surface area contributed by atoms with Gasteiger partial charge in [0.05, 0.1) is 24.9 Å². The van der Waals surface area contributed by atoms with Crippen LogP contribution in [-0.2, 0) is 4.74 Å². The van der Waals surface area contributed by atoms with Crippen molar-refractivity contribution in [3.63, 3.8) is 0 Å². The third-order valence-corrected chi connectivity index (χ3v) is 6.48. The van der Waals surface area contributed by atoms with Crippen molar-refractivity contribution in [2.24, 2.45) is 0 Å². The number of likely N-dealkylation sites (tertiary alicyclic amines) is 1. The molecule has 2 aliphatic heterocycles. The molecule has 0 spiro atoms. The van der Waals surface area contributed by atoms with Crippen molar-refractivity contribution in [2.75, 3.05) is 39.4 Å². The second-order valence-electron chi connectivity index (χ2n) is 7.97. The Balaban J connectivity index is 1.37. The smallest absolute Gasteiger partial charge is 0.320 e. The van der Waals surface area contributed by atoms with Gasteiger partial charge in [0.2, 0.25) is 0 Å². The van der Waals surface area contributed by atoms with E-state index in [1.807, 2.05) is 46.5 Å². The van der Waals surface area contributed by atoms with Crippen LogP contribution in [0.15, 0.2) is 48.9 Å². The van der Waals surface area contributed by atoms with Gasteiger partial charge < -0.3 is 19.1 Å². The van der Waals surface area contributed by atoms with Crippen LogP contribution in [0.2, 0.25) is 5.02 Å². The minimum absolute atomic E-state index is 0.157. The van der Waals surface area contributed by atoms with Gasteiger partial charge in [-0.25, -0.2) is 4.79 Å². The maximum absolute atomic E-state index is 12.8. The first-order valence-electron chi connectivity index (χ1n) is 10.5. The lowest BCUT2D eigenvalue weighted by molar-refractivity contribution is 0.0411. The van der Waals surface area contributed by atoms with Gasteiger partial charge in [0.15, 0.2) is 0 Å². The average molecular weight is 425 g/mol. The second-order valence-corrected chi connectivity index (χ2v) is 8.40. The average Bonchev–Trinajstić information content (AvgIpc) is 3.20. The van der Waals surface area contributed by atoms with E-state index in [-0.39, 0.29) is 6.03 Å². The molecule has 156 valence electrons. The number of urea groups is 1. The third kappa shape index (κ3) is 3.66. The van der Waals surface area contributed by atoms with Crippen LogP contribution >= 0.6 is 11.6 Å². The number of hydrogen-bond acceptors (Lipinski definition) is 3. The number of aromatic nitrogens is 2. The normalized spacial score (nSPS) is 18.2. The number of nitrogens with zero attached hydrogens (tertiary/aromatic N) is 4. The molecule has 5 rings (SSSR count). The molecule has 0 atom stereocenters. The monoisotopic (exact) mass is 424 g/mol. The zero-order valence-electron chi connectivity index (χ0n) is 16.8. The van der Waals surface area contributed by atoms with Crippen LogP contribution in [0.5, 0.6) is 0 Å². The Morgan fingerprint density at radius 1 is 1.00 bits per heavy atom. The lowest BCUT2D eigenvalue weighted by atomic mass is 9.89. The van der Waals surface area contributed by atoms with Gasteiger partial charge in [0.25, 0.3) is 0 Å². The summed E-state index contributed by atoms with van der Waals surface area (Å²) < 4.78 is 7.56.